The Bertz CT molecular complexity index is 635. The fraction of sp³-hybridized carbons (Fsp3) is 0.500. The predicted molar refractivity (Wildman–Crippen MR) is 79.6 cm³/mol. The molecule has 0 atom stereocenters. The summed E-state index contributed by atoms with van der Waals surface area (Å²) in [6.07, 6.45) is 6.99. The van der Waals surface area contributed by atoms with Crippen molar-refractivity contribution < 1.29 is 9.31 Å². The first kappa shape index (κ1) is 14.2. The lowest BCUT2D eigenvalue weighted by Gasteiger charge is -2.32. The van der Waals surface area contributed by atoms with E-state index in [0.717, 1.165) is 11.6 Å². The van der Waals surface area contributed by atoms with Gasteiger partial charge in [0.15, 0.2) is 5.82 Å². The fourth-order valence-corrected chi connectivity index (χ4v) is 2.16. The van der Waals surface area contributed by atoms with Crippen LogP contribution < -0.4 is 5.59 Å². The van der Waals surface area contributed by atoms with Crippen molar-refractivity contribution in [3.63, 3.8) is 0 Å². The first-order valence-electron chi connectivity index (χ1n) is 6.98. The molecule has 0 spiro atoms. The zero-order chi connectivity index (χ0) is 15.3. The van der Waals surface area contributed by atoms with Crippen LogP contribution in [0, 0.1) is 6.92 Å². The molecule has 1 aliphatic heterocycles. The van der Waals surface area contributed by atoms with Gasteiger partial charge in [-0.2, -0.15) is 0 Å². The lowest BCUT2D eigenvalue weighted by atomic mass is 9.85. The fourth-order valence-electron chi connectivity index (χ4n) is 2.16. The van der Waals surface area contributed by atoms with Gasteiger partial charge in [-0.3, -0.25) is 9.55 Å². The summed E-state index contributed by atoms with van der Waals surface area (Å²) in [7, 11) is -0.486. The summed E-state index contributed by atoms with van der Waals surface area (Å²) in [5.41, 5.74) is -0.0760. The highest BCUT2D eigenvalue weighted by atomic mass is 16.7. The molecule has 0 amide bonds. The third-order valence-corrected chi connectivity index (χ3v) is 4.23. The molecular weight excluding hydrogens is 267 g/mol. The van der Waals surface area contributed by atoms with Crippen molar-refractivity contribution in [2.45, 2.75) is 45.8 Å². The zero-order valence-corrected chi connectivity index (χ0v) is 13.0. The smallest absolute Gasteiger partial charge is 0.398 e. The number of hydrogen-bond donors (Lipinski definition) is 0. The highest BCUT2D eigenvalue weighted by molar-refractivity contribution is 6.61. The molecule has 0 aliphatic carbocycles. The summed E-state index contributed by atoms with van der Waals surface area (Å²) in [5.74, 6) is 1.60. The Morgan fingerprint density at radius 3 is 2.14 bits per heavy atom. The Kier molecular flexibility index (Phi) is 3.14. The summed E-state index contributed by atoms with van der Waals surface area (Å²) in [4.78, 5) is 13.0. The molecular formula is C14H19BN4O2. The Hall–Kier alpha value is -1.73. The van der Waals surface area contributed by atoms with E-state index in [4.69, 9.17) is 9.31 Å². The van der Waals surface area contributed by atoms with Crippen LogP contribution in [0.2, 0.25) is 0 Å². The topological polar surface area (TPSA) is 62.1 Å². The number of imidazole rings is 1. The summed E-state index contributed by atoms with van der Waals surface area (Å²) in [5, 5.41) is 0. The zero-order valence-electron chi connectivity index (χ0n) is 13.0. The van der Waals surface area contributed by atoms with Gasteiger partial charge in [0.1, 0.15) is 5.82 Å². The van der Waals surface area contributed by atoms with Crippen LogP contribution in [-0.4, -0.2) is 37.8 Å². The third kappa shape index (κ3) is 2.36. The van der Waals surface area contributed by atoms with E-state index in [1.807, 2.05) is 45.4 Å². The van der Waals surface area contributed by atoms with Gasteiger partial charge in [0.25, 0.3) is 0 Å². The maximum Gasteiger partial charge on any atom is 0.516 e. The van der Waals surface area contributed by atoms with E-state index < -0.39 is 7.12 Å². The lowest BCUT2D eigenvalue weighted by molar-refractivity contribution is 0.00578. The van der Waals surface area contributed by atoms with Crippen LogP contribution in [0.3, 0.4) is 0 Å². The van der Waals surface area contributed by atoms with E-state index in [1.165, 1.54) is 0 Å². The van der Waals surface area contributed by atoms with E-state index in [-0.39, 0.29) is 11.2 Å². The first-order chi connectivity index (χ1) is 9.80. The average Bonchev–Trinajstić information content (AvgIpc) is 2.92. The van der Waals surface area contributed by atoms with Gasteiger partial charge in [-0.15, -0.1) is 0 Å². The molecule has 3 rings (SSSR count). The second-order valence-corrected chi connectivity index (χ2v) is 6.23. The Morgan fingerprint density at radius 2 is 1.67 bits per heavy atom. The average molecular weight is 286 g/mol. The molecule has 21 heavy (non-hydrogen) atoms. The van der Waals surface area contributed by atoms with Crippen LogP contribution in [0.5, 0.6) is 0 Å². The van der Waals surface area contributed by atoms with Crippen LogP contribution in [-0.2, 0) is 9.31 Å². The van der Waals surface area contributed by atoms with E-state index in [0.29, 0.717) is 5.59 Å². The van der Waals surface area contributed by atoms with Crippen molar-refractivity contribution >= 4 is 12.7 Å². The van der Waals surface area contributed by atoms with Crippen molar-refractivity contribution in [3.05, 3.63) is 30.6 Å². The minimum atomic E-state index is -0.486. The minimum Gasteiger partial charge on any atom is -0.398 e. The summed E-state index contributed by atoms with van der Waals surface area (Å²) >= 11 is 0. The summed E-state index contributed by atoms with van der Waals surface area (Å²) in [6.45, 7) is 9.99. The van der Waals surface area contributed by atoms with Gasteiger partial charge in [-0.1, -0.05) is 0 Å². The van der Waals surface area contributed by atoms with Crippen LogP contribution in [0.1, 0.15) is 33.5 Å². The molecule has 0 bridgehead atoms. The predicted octanol–water partition coefficient (Wildman–Crippen LogP) is 1.27. The van der Waals surface area contributed by atoms with Gasteiger partial charge in [0, 0.05) is 18.6 Å². The normalized spacial score (nSPS) is 20.0. The maximum absolute atomic E-state index is 5.96. The van der Waals surface area contributed by atoms with Crippen LogP contribution in [0.4, 0.5) is 0 Å². The largest absolute Gasteiger partial charge is 0.516 e. The van der Waals surface area contributed by atoms with E-state index in [2.05, 4.69) is 15.0 Å². The highest BCUT2D eigenvalue weighted by Gasteiger charge is 2.52. The van der Waals surface area contributed by atoms with Crippen molar-refractivity contribution in [3.8, 4) is 5.82 Å². The van der Waals surface area contributed by atoms with E-state index in [9.17, 15) is 0 Å². The molecule has 1 saturated heterocycles. The molecule has 2 aromatic rings. The van der Waals surface area contributed by atoms with E-state index >= 15 is 0 Å². The molecule has 6 nitrogen and oxygen atoms in total. The molecule has 0 unspecified atom stereocenters. The van der Waals surface area contributed by atoms with Gasteiger partial charge in [0.05, 0.1) is 23.0 Å². The monoisotopic (exact) mass is 286 g/mol. The van der Waals surface area contributed by atoms with Crippen LogP contribution in [0.25, 0.3) is 5.82 Å². The Morgan fingerprint density at radius 1 is 1.00 bits per heavy atom. The quantitative estimate of drug-likeness (QED) is 0.778. The Balaban J connectivity index is 1.85. The van der Waals surface area contributed by atoms with Gasteiger partial charge in [-0.05, 0) is 34.6 Å². The molecule has 1 aliphatic rings. The van der Waals surface area contributed by atoms with Crippen LogP contribution >= 0.6 is 0 Å². The highest BCUT2D eigenvalue weighted by Crippen LogP contribution is 2.36. The third-order valence-electron chi connectivity index (χ3n) is 4.23. The second kappa shape index (κ2) is 4.64. The van der Waals surface area contributed by atoms with Gasteiger partial charge >= 0.3 is 7.12 Å². The molecule has 2 aromatic heterocycles. The molecule has 0 radical (unpaired) electrons. The number of aryl methyl sites for hydroxylation is 1. The lowest BCUT2D eigenvalue weighted by Crippen LogP contribution is -2.41. The van der Waals surface area contributed by atoms with Crippen molar-refractivity contribution in [2.75, 3.05) is 0 Å². The number of nitrogens with zero attached hydrogens (tertiary/aromatic N) is 4. The summed E-state index contributed by atoms with van der Waals surface area (Å²) < 4.78 is 13.8. The number of hydrogen-bond acceptors (Lipinski definition) is 5. The minimum absolute atomic E-state index is 0.376. The summed E-state index contributed by atoms with van der Waals surface area (Å²) in [6, 6.07) is 0. The van der Waals surface area contributed by atoms with Gasteiger partial charge < -0.3 is 9.31 Å². The van der Waals surface area contributed by atoms with Crippen molar-refractivity contribution in [1.82, 2.24) is 19.5 Å². The maximum atomic E-state index is 5.96. The Labute approximate surface area is 124 Å². The molecule has 110 valence electrons. The van der Waals surface area contributed by atoms with Crippen molar-refractivity contribution in [1.29, 1.82) is 0 Å². The molecule has 7 heteroatoms. The van der Waals surface area contributed by atoms with Crippen LogP contribution in [0.15, 0.2) is 24.8 Å². The molecule has 0 saturated carbocycles. The molecule has 1 fully saturated rings. The van der Waals surface area contributed by atoms with Gasteiger partial charge in [-0.25, -0.2) is 9.97 Å². The van der Waals surface area contributed by atoms with Crippen molar-refractivity contribution in [2.24, 2.45) is 0 Å². The standard InChI is InChI=1S/C14H19BN4O2/c1-10-16-6-7-19(10)12-9-17-11(8-18-12)15-20-13(2,3)14(4,5)21-15/h6-9H,1-5H3. The molecule has 0 aromatic carbocycles. The number of rotatable bonds is 2. The second-order valence-electron chi connectivity index (χ2n) is 6.23. The number of aromatic nitrogens is 4. The molecule has 0 N–H and O–H groups in total. The van der Waals surface area contributed by atoms with Gasteiger partial charge in [0.2, 0.25) is 0 Å². The molecule has 3 heterocycles. The van der Waals surface area contributed by atoms with E-state index in [1.54, 1.807) is 18.6 Å². The first-order valence-corrected chi connectivity index (χ1v) is 6.98. The SMILES string of the molecule is Cc1nccn1-c1cnc(B2OC(C)(C)C(C)(C)O2)cn1.